The van der Waals surface area contributed by atoms with Crippen LogP contribution in [0, 0.1) is 0 Å². The topological polar surface area (TPSA) is 64.3 Å². The normalized spacial score (nSPS) is 10.2. The highest BCUT2D eigenvalue weighted by atomic mass is 32.2. The fourth-order valence-electron chi connectivity index (χ4n) is 1.83. The van der Waals surface area contributed by atoms with E-state index in [2.05, 4.69) is 5.32 Å². The average molecular weight is 302 g/mol. The third-order valence-corrected chi connectivity index (χ3v) is 3.81. The van der Waals surface area contributed by atoms with E-state index in [-0.39, 0.29) is 5.91 Å². The molecule has 5 heteroatoms. The first-order chi connectivity index (χ1) is 10.1. The van der Waals surface area contributed by atoms with E-state index in [9.17, 15) is 4.79 Å². The molecule has 0 bridgehead atoms. The summed E-state index contributed by atoms with van der Waals surface area (Å²) in [4.78, 5) is 13.0. The Morgan fingerprint density at radius 3 is 2.57 bits per heavy atom. The Labute approximate surface area is 128 Å². The second-order valence-corrected chi connectivity index (χ2v) is 5.52. The molecule has 1 amide bonds. The number of nitrogen functional groups attached to an aromatic ring is 1. The minimum absolute atomic E-state index is 0.0796. The van der Waals surface area contributed by atoms with Gasteiger partial charge in [0.2, 0.25) is 5.91 Å². The summed E-state index contributed by atoms with van der Waals surface area (Å²) in [5.74, 6) is 0.626. The molecule has 4 nitrogen and oxygen atoms in total. The quantitative estimate of drug-likeness (QED) is 0.825. The van der Waals surface area contributed by atoms with Gasteiger partial charge in [0.1, 0.15) is 5.75 Å². The molecule has 0 fully saturated rings. The molecular formula is C16H18N2O2S. The number of ether oxygens (including phenoxy) is 1. The van der Waals surface area contributed by atoms with Crippen LogP contribution in [0.15, 0.2) is 52.3 Å². The van der Waals surface area contributed by atoms with E-state index in [1.807, 2.05) is 49.4 Å². The number of hydrogen-bond acceptors (Lipinski definition) is 4. The molecule has 0 spiro atoms. The molecular weight excluding hydrogens is 284 g/mol. The molecule has 0 atom stereocenters. The van der Waals surface area contributed by atoms with Gasteiger partial charge in [0.05, 0.1) is 12.3 Å². The van der Waals surface area contributed by atoms with Crippen LogP contribution in [0.25, 0.3) is 0 Å². The summed E-state index contributed by atoms with van der Waals surface area (Å²) in [6.07, 6.45) is 0. The lowest BCUT2D eigenvalue weighted by atomic mass is 10.3. The lowest BCUT2D eigenvalue weighted by Gasteiger charge is -2.11. The highest BCUT2D eigenvalue weighted by Crippen LogP contribution is 2.37. The van der Waals surface area contributed by atoms with E-state index >= 15 is 0 Å². The standard InChI is InChI=1S/C16H18N2O2S/c1-3-20-14-5-4-6-15(16(14)17)21-13-9-7-12(8-10-13)18-11(2)19/h4-10H,3,17H2,1-2H3,(H,18,19). The Morgan fingerprint density at radius 2 is 1.95 bits per heavy atom. The minimum Gasteiger partial charge on any atom is -0.492 e. The van der Waals surface area contributed by atoms with Crippen molar-refractivity contribution < 1.29 is 9.53 Å². The third-order valence-electron chi connectivity index (χ3n) is 2.73. The van der Waals surface area contributed by atoms with Crippen molar-refractivity contribution in [2.24, 2.45) is 0 Å². The van der Waals surface area contributed by atoms with Crippen molar-refractivity contribution in [2.75, 3.05) is 17.7 Å². The van der Waals surface area contributed by atoms with Gasteiger partial charge in [-0.25, -0.2) is 0 Å². The van der Waals surface area contributed by atoms with Gasteiger partial charge in [-0.1, -0.05) is 17.8 Å². The second-order valence-electron chi connectivity index (χ2n) is 4.41. The molecule has 2 aromatic carbocycles. The smallest absolute Gasteiger partial charge is 0.221 e. The monoisotopic (exact) mass is 302 g/mol. The number of amides is 1. The first-order valence-corrected chi connectivity index (χ1v) is 7.48. The van der Waals surface area contributed by atoms with Gasteiger partial charge in [0.25, 0.3) is 0 Å². The fraction of sp³-hybridized carbons (Fsp3) is 0.188. The summed E-state index contributed by atoms with van der Waals surface area (Å²) < 4.78 is 5.49. The molecule has 2 rings (SSSR count). The van der Waals surface area contributed by atoms with Crippen LogP contribution in [-0.4, -0.2) is 12.5 Å². The lowest BCUT2D eigenvalue weighted by molar-refractivity contribution is -0.114. The Hall–Kier alpha value is -2.14. The fourth-order valence-corrected chi connectivity index (χ4v) is 2.71. The van der Waals surface area contributed by atoms with Gasteiger partial charge in [-0.2, -0.15) is 0 Å². The van der Waals surface area contributed by atoms with Crippen LogP contribution >= 0.6 is 11.8 Å². The van der Waals surface area contributed by atoms with E-state index in [4.69, 9.17) is 10.5 Å². The minimum atomic E-state index is -0.0796. The summed E-state index contributed by atoms with van der Waals surface area (Å²) in [6.45, 7) is 4.01. The molecule has 0 aliphatic carbocycles. The van der Waals surface area contributed by atoms with Crippen LogP contribution < -0.4 is 15.8 Å². The van der Waals surface area contributed by atoms with Crippen LogP contribution in [0.3, 0.4) is 0 Å². The lowest BCUT2D eigenvalue weighted by Crippen LogP contribution is -2.05. The Bertz CT molecular complexity index is 627. The maximum absolute atomic E-state index is 11.0. The van der Waals surface area contributed by atoms with E-state index in [1.54, 1.807) is 11.8 Å². The van der Waals surface area contributed by atoms with E-state index in [0.717, 1.165) is 15.5 Å². The molecule has 0 saturated carbocycles. The van der Waals surface area contributed by atoms with E-state index in [0.29, 0.717) is 18.0 Å². The Balaban J connectivity index is 2.14. The van der Waals surface area contributed by atoms with Crippen LogP contribution in [0.2, 0.25) is 0 Å². The molecule has 0 heterocycles. The molecule has 3 N–H and O–H groups in total. The van der Waals surface area contributed by atoms with Gasteiger partial charge in [-0.3, -0.25) is 4.79 Å². The predicted molar refractivity (Wildman–Crippen MR) is 86.9 cm³/mol. The number of benzene rings is 2. The maximum atomic E-state index is 11.0. The van der Waals surface area contributed by atoms with Crippen LogP contribution in [0.4, 0.5) is 11.4 Å². The summed E-state index contributed by atoms with van der Waals surface area (Å²) >= 11 is 1.56. The summed E-state index contributed by atoms with van der Waals surface area (Å²) in [7, 11) is 0. The van der Waals surface area contributed by atoms with Crippen molar-refractivity contribution in [3.8, 4) is 5.75 Å². The van der Waals surface area contributed by atoms with Crippen LogP contribution in [0.1, 0.15) is 13.8 Å². The van der Waals surface area contributed by atoms with Crippen LogP contribution in [-0.2, 0) is 4.79 Å². The summed E-state index contributed by atoms with van der Waals surface area (Å²) in [6, 6.07) is 13.4. The van der Waals surface area contributed by atoms with Gasteiger partial charge in [-0.15, -0.1) is 0 Å². The van der Waals surface area contributed by atoms with Crippen molar-refractivity contribution in [3.05, 3.63) is 42.5 Å². The number of anilines is 2. The molecule has 0 radical (unpaired) electrons. The molecule has 0 unspecified atom stereocenters. The van der Waals surface area contributed by atoms with E-state index in [1.165, 1.54) is 6.92 Å². The average Bonchev–Trinajstić information content (AvgIpc) is 2.45. The molecule has 0 aliphatic heterocycles. The van der Waals surface area contributed by atoms with E-state index < -0.39 is 0 Å². The highest BCUT2D eigenvalue weighted by Gasteiger charge is 2.07. The van der Waals surface area contributed by atoms with Crippen LogP contribution in [0.5, 0.6) is 5.75 Å². The Kier molecular flexibility index (Phi) is 5.11. The van der Waals surface area contributed by atoms with Crippen molar-refractivity contribution in [3.63, 3.8) is 0 Å². The van der Waals surface area contributed by atoms with Gasteiger partial charge in [0.15, 0.2) is 0 Å². The zero-order valence-electron chi connectivity index (χ0n) is 12.1. The molecule has 0 saturated heterocycles. The number of rotatable bonds is 5. The summed E-state index contributed by atoms with van der Waals surface area (Å²) in [5.41, 5.74) is 7.54. The van der Waals surface area contributed by atoms with Gasteiger partial charge >= 0.3 is 0 Å². The second kappa shape index (κ2) is 7.04. The highest BCUT2D eigenvalue weighted by molar-refractivity contribution is 7.99. The number of nitrogens with one attached hydrogen (secondary N) is 1. The van der Waals surface area contributed by atoms with Crippen molar-refractivity contribution in [2.45, 2.75) is 23.6 Å². The zero-order valence-corrected chi connectivity index (χ0v) is 12.9. The molecule has 110 valence electrons. The van der Waals surface area contributed by atoms with Gasteiger partial charge < -0.3 is 15.8 Å². The number of hydrogen-bond donors (Lipinski definition) is 2. The number of nitrogens with two attached hydrogens (primary N) is 1. The van der Waals surface area contributed by atoms with Gasteiger partial charge in [-0.05, 0) is 43.3 Å². The van der Waals surface area contributed by atoms with Crippen molar-refractivity contribution >= 4 is 29.0 Å². The van der Waals surface area contributed by atoms with Crippen molar-refractivity contribution in [1.82, 2.24) is 0 Å². The predicted octanol–water partition coefficient (Wildman–Crippen LogP) is 3.78. The first-order valence-electron chi connectivity index (χ1n) is 6.67. The number of carbonyl (C=O) groups is 1. The first kappa shape index (κ1) is 15.3. The number of carbonyl (C=O) groups excluding carboxylic acids is 1. The largest absolute Gasteiger partial charge is 0.492 e. The van der Waals surface area contributed by atoms with Crippen molar-refractivity contribution in [1.29, 1.82) is 0 Å². The number of para-hydroxylation sites is 1. The summed E-state index contributed by atoms with van der Waals surface area (Å²) in [5, 5.41) is 2.74. The molecule has 0 aromatic heterocycles. The maximum Gasteiger partial charge on any atom is 0.221 e. The molecule has 0 aliphatic rings. The van der Waals surface area contributed by atoms with Gasteiger partial charge in [0, 0.05) is 22.4 Å². The Morgan fingerprint density at radius 1 is 1.24 bits per heavy atom. The molecule has 2 aromatic rings. The SMILES string of the molecule is CCOc1cccc(Sc2ccc(NC(C)=O)cc2)c1N. The third kappa shape index (κ3) is 4.16. The zero-order chi connectivity index (χ0) is 15.2. The molecule has 21 heavy (non-hydrogen) atoms.